The van der Waals surface area contributed by atoms with Crippen LogP contribution in [0, 0.1) is 0 Å². The summed E-state index contributed by atoms with van der Waals surface area (Å²) in [7, 11) is -3.61. The Hall–Kier alpha value is -2.10. The van der Waals surface area contributed by atoms with Gasteiger partial charge >= 0.3 is 0 Å². The van der Waals surface area contributed by atoms with Gasteiger partial charge in [0.1, 0.15) is 9.90 Å². The zero-order valence-electron chi connectivity index (χ0n) is 16.0. The maximum Gasteiger partial charge on any atom is 0.280 e. The molecule has 29 heavy (non-hydrogen) atoms. The second kappa shape index (κ2) is 8.33. The summed E-state index contributed by atoms with van der Waals surface area (Å²) in [6, 6.07) is 6.36. The number of rotatable bonds is 5. The lowest BCUT2D eigenvalue weighted by Gasteiger charge is -2.20. The van der Waals surface area contributed by atoms with E-state index in [2.05, 4.69) is 9.71 Å². The second-order valence-electron chi connectivity index (χ2n) is 7.48. The van der Waals surface area contributed by atoms with E-state index in [0.717, 1.165) is 54.8 Å². The van der Waals surface area contributed by atoms with Crippen molar-refractivity contribution in [2.75, 3.05) is 0 Å². The minimum absolute atomic E-state index is 0.0341. The number of carbonyl (C=O) groups excluding carboxylic acids is 2. The first-order valence-electron chi connectivity index (χ1n) is 9.88. The highest BCUT2D eigenvalue weighted by Gasteiger charge is 2.37. The number of imide groups is 1. The first-order valence-corrected chi connectivity index (χ1v) is 12.2. The first-order chi connectivity index (χ1) is 14.0. The number of thiophene rings is 1. The van der Waals surface area contributed by atoms with Crippen LogP contribution in [0.25, 0.3) is 0 Å². The summed E-state index contributed by atoms with van der Waals surface area (Å²) in [5, 5.41) is 0. The molecule has 1 aliphatic heterocycles. The van der Waals surface area contributed by atoms with Gasteiger partial charge in [-0.3, -0.25) is 19.5 Å². The number of nitrogens with one attached hydrogen (secondary N) is 1. The maximum absolute atomic E-state index is 12.8. The Morgan fingerprint density at radius 2 is 1.76 bits per heavy atom. The fourth-order valence-electron chi connectivity index (χ4n) is 3.85. The molecule has 9 heteroatoms. The van der Waals surface area contributed by atoms with Gasteiger partial charge in [0.05, 0.1) is 12.1 Å². The molecule has 0 atom stereocenters. The predicted octanol–water partition coefficient (Wildman–Crippen LogP) is 3.33. The molecule has 0 spiro atoms. The van der Waals surface area contributed by atoms with Gasteiger partial charge in [0, 0.05) is 17.1 Å². The van der Waals surface area contributed by atoms with Gasteiger partial charge in [0.2, 0.25) is 10.0 Å². The van der Waals surface area contributed by atoms with Crippen molar-refractivity contribution >= 4 is 33.2 Å². The molecule has 0 radical (unpaired) electrons. The van der Waals surface area contributed by atoms with E-state index in [-0.39, 0.29) is 28.1 Å². The number of amides is 2. The Morgan fingerprint density at radius 3 is 2.48 bits per heavy atom. The van der Waals surface area contributed by atoms with Crippen LogP contribution in [0.15, 0.2) is 34.7 Å². The molecular formula is C20H23N3O4S2. The molecule has 0 saturated heterocycles. The highest BCUT2D eigenvalue weighted by molar-refractivity contribution is 7.91. The SMILES string of the molecule is O=C1c2cccnc2C(=O)N1Cc1ccc(S(=O)(=O)NC2CCCCCCC2)s1. The number of nitrogens with zero attached hydrogens (tertiary/aromatic N) is 2. The molecule has 154 valence electrons. The number of sulfonamides is 1. The quantitative estimate of drug-likeness (QED) is 0.730. The molecule has 4 rings (SSSR count). The van der Waals surface area contributed by atoms with E-state index in [1.165, 1.54) is 12.6 Å². The minimum Gasteiger partial charge on any atom is -0.268 e. The lowest BCUT2D eigenvalue weighted by atomic mass is 9.97. The fraction of sp³-hybridized carbons (Fsp3) is 0.450. The van der Waals surface area contributed by atoms with E-state index in [1.807, 2.05) is 0 Å². The fourth-order valence-corrected chi connectivity index (χ4v) is 6.52. The molecule has 1 aliphatic carbocycles. The van der Waals surface area contributed by atoms with Crippen LogP contribution >= 0.6 is 11.3 Å². The highest BCUT2D eigenvalue weighted by atomic mass is 32.2. The van der Waals surface area contributed by atoms with Gasteiger partial charge in [-0.25, -0.2) is 13.1 Å². The summed E-state index contributed by atoms with van der Waals surface area (Å²) in [5.74, 6) is -0.848. The first kappa shape index (κ1) is 20.2. The Kier molecular flexibility index (Phi) is 5.80. The van der Waals surface area contributed by atoms with Crippen molar-refractivity contribution in [3.63, 3.8) is 0 Å². The molecule has 1 fully saturated rings. The van der Waals surface area contributed by atoms with Gasteiger partial charge in [-0.15, -0.1) is 11.3 Å². The van der Waals surface area contributed by atoms with Crippen molar-refractivity contribution in [2.45, 2.75) is 61.7 Å². The van der Waals surface area contributed by atoms with Crippen LogP contribution in [0.2, 0.25) is 0 Å². The molecule has 1 N–H and O–H groups in total. The Bertz CT molecular complexity index is 989. The summed E-state index contributed by atoms with van der Waals surface area (Å²) >= 11 is 1.09. The summed E-state index contributed by atoms with van der Waals surface area (Å²) < 4.78 is 28.7. The number of hydrogen-bond acceptors (Lipinski definition) is 6. The number of carbonyl (C=O) groups is 2. The molecule has 7 nitrogen and oxygen atoms in total. The lowest BCUT2D eigenvalue weighted by molar-refractivity contribution is 0.0642. The van der Waals surface area contributed by atoms with E-state index in [1.54, 1.807) is 24.3 Å². The largest absolute Gasteiger partial charge is 0.280 e. The molecule has 2 amide bonds. The minimum atomic E-state index is -3.61. The third-order valence-corrected chi connectivity index (χ3v) is 8.46. The van der Waals surface area contributed by atoms with Crippen molar-refractivity contribution < 1.29 is 18.0 Å². The van der Waals surface area contributed by atoms with Crippen molar-refractivity contribution in [3.05, 3.63) is 46.6 Å². The van der Waals surface area contributed by atoms with Gasteiger partial charge in [-0.2, -0.15) is 0 Å². The Balaban J connectivity index is 1.45. The molecule has 3 heterocycles. The van der Waals surface area contributed by atoms with Crippen LogP contribution in [0.1, 0.15) is 70.7 Å². The monoisotopic (exact) mass is 433 g/mol. The maximum atomic E-state index is 12.8. The van der Waals surface area contributed by atoms with Crippen LogP contribution in [0.5, 0.6) is 0 Å². The van der Waals surface area contributed by atoms with Crippen LogP contribution in [0.4, 0.5) is 0 Å². The van der Waals surface area contributed by atoms with Crippen LogP contribution < -0.4 is 4.72 Å². The van der Waals surface area contributed by atoms with Crippen LogP contribution in [0.3, 0.4) is 0 Å². The van der Waals surface area contributed by atoms with E-state index in [9.17, 15) is 18.0 Å². The summed E-state index contributed by atoms with van der Waals surface area (Å²) in [6.07, 6.45) is 8.80. The normalized spacial score (nSPS) is 18.6. The number of pyridine rings is 1. The Morgan fingerprint density at radius 1 is 1.03 bits per heavy atom. The van der Waals surface area contributed by atoms with Crippen molar-refractivity contribution in [1.82, 2.24) is 14.6 Å². The second-order valence-corrected chi connectivity index (χ2v) is 10.6. The van der Waals surface area contributed by atoms with E-state index in [4.69, 9.17) is 0 Å². The molecule has 2 aliphatic rings. The molecule has 0 bridgehead atoms. The molecular weight excluding hydrogens is 410 g/mol. The van der Waals surface area contributed by atoms with E-state index >= 15 is 0 Å². The van der Waals surface area contributed by atoms with Crippen molar-refractivity contribution in [2.24, 2.45) is 0 Å². The third-order valence-electron chi connectivity index (χ3n) is 5.37. The number of aromatic nitrogens is 1. The van der Waals surface area contributed by atoms with Crippen LogP contribution in [-0.2, 0) is 16.6 Å². The zero-order valence-corrected chi connectivity index (χ0v) is 17.6. The van der Waals surface area contributed by atoms with Crippen molar-refractivity contribution in [3.8, 4) is 0 Å². The standard InChI is InChI=1S/C20H23N3O4S2/c24-19-16-9-6-12-21-18(16)20(25)23(19)13-15-10-11-17(28-15)29(26,27)22-14-7-4-2-1-3-5-8-14/h6,9-12,14,22H,1-5,7-8,13H2. The van der Waals surface area contributed by atoms with E-state index in [0.29, 0.717) is 4.88 Å². The topological polar surface area (TPSA) is 96.4 Å². The molecule has 2 aromatic rings. The number of fused-ring (bicyclic) bond motifs is 1. The smallest absolute Gasteiger partial charge is 0.268 e. The predicted molar refractivity (Wildman–Crippen MR) is 109 cm³/mol. The molecule has 0 unspecified atom stereocenters. The van der Waals surface area contributed by atoms with Gasteiger partial charge in [0.15, 0.2) is 0 Å². The molecule has 2 aromatic heterocycles. The summed E-state index contributed by atoms with van der Waals surface area (Å²) in [4.78, 5) is 30.7. The average molecular weight is 434 g/mol. The van der Waals surface area contributed by atoms with Gasteiger partial charge in [-0.05, 0) is 37.1 Å². The van der Waals surface area contributed by atoms with E-state index < -0.39 is 21.8 Å². The lowest BCUT2D eigenvalue weighted by Crippen LogP contribution is -2.34. The van der Waals surface area contributed by atoms with Gasteiger partial charge in [0.25, 0.3) is 11.8 Å². The van der Waals surface area contributed by atoms with Gasteiger partial charge in [-0.1, -0.05) is 32.1 Å². The van der Waals surface area contributed by atoms with Gasteiger partial charge < -0.3 is 0 Å². The van der Waals surface area contributed by atoms with Crippen molar-refractivity contribution in [1.29, 1.82) is 0 Å². The zero-order chi connectivity index (χ0) is 20.4. The molecule has 0 aromatic carbocycles. The highest BCUT2D eigenvalue weighted by Crippen LogP contribution is 2.28. The molecule has 1 saturated carbocycles. The van der Waals surface area contributed by atoms with Crippen LogP contribution in [-0.4, -0.2) is 36.2 Å². The third kappa shape index (κ3) is 4.26. The number of hydrogen-bond donors (Lipinski definition) is 1. The summed E-state index contributed by atoms with van der Waals surface area (Å²) in [6.45, 7) is 0.0393. The average Bonchev–Trinajstić information content (AvgIpc) is 3.25. The Labute approximate surface area is 174 Å². The summed E-state index contributed by atoms with van der Waals surface area (Å²) in [5.41, 5.74) is 0.431.